The highest BCUT2D eigenvalue weighted by molar-refractivity contribution is 5.89. The molecule has 1 N–H and O–H groups in total. The van der Waals surface area contributed by atoms with Gasteiger partial charge in [-0.15, -0.1) is 0 Å². The normalized spacial score (nSPS) is 10.6. The third kappa shape index (κ3) is 2.32. The van der Waals surface area contributed by atoms with Crippen molar-refractivity contribution in [1.29, 1.82) is 0 Å². The SMILES string of the molecule is CC(C)c1cc(F)c(C(=O)O)cc1N(C)C. The summed E-state index contributed by atoms with van der Waals surface area (Å²) in [6.07, 6.45) is 0. The van der Waals surface area contributed by atoms with Crippen molar-refractivity contribution in [2.24, 2.45) is 0 Å². The molecule has 0 aliphatic carbocycles. The fraction of sp³-hybridized carbons (Fsp3) is 0.417. The van der Waals surface area contributed by atoms with Gasteiger partial charge >= 0.3 is 5.97 Å². The quantitative estimate of drug-likeness (QED) is 0.859. The van der Waals surface area contributed by atoms with Gasteiger partial charge in [0.25, 0.3) is 0 Å². The number of benzene rings is 1. The molecule has 1 aromatic carbocycles. The van der Waals surface area contributed by atoms with Crippen LogP contribution in [0.15, 0.2) is 12.1 Å². The van der Waals surface area contributed by atoms with Gasteiger partial charge in [-0.3, -0.25) is 0 Å². The van der Waals surface area contributed by atoms with E-state index in [2.05, 4.69) is 0 Å². The average Bonchev–Trinajstić information content (AvgIpc) is 2.15. The molecule has 88 valence electrons. The molecule has 3 nitrogen and oxygen atoms in total. The fourth-order valence-corrected chi connectivity index (χ4v) is 1.59. The van der Waals surface area contributed by atoms with E-state index in [-0.39, 0.29) is 11.5 Å². The van der Waals surface area contributed by atoms with Gasteiger partial charge in [-0.05, 0) is 23.6 Å². The maximum absolute atomic E-state index is 13.5. The summed E-state index contributed by atoms with van der Waals surface area (Å²) < 4.78 is 13.5. The van der Waals surface area contributed by atoms with Crippen molar-refractivity contribution in [2.45, 2.75) is 19.8 Å². The summed E-state index contributed by atoms with van der Waals surface area (Å²) in [5.74, 6) is -1.77. The molecule has 0 atom stereocenters. The lowest BCUT2D eigenvalue weighted by molar-refractivity contribution is 0.0692. The van der Waals surface area contributed by atoms with Crippen LogP contribution in [0.3, 0.4) is 0 Å². The molecule has 4 heteroatoms. The number of carboxylic acid groups (broad SMARTS) is 1. The number of hydrogen-bond acceptors (Lipinski definition) is 2. The molecule has 0 radical (unpaired) electrons. The monoisotopic (exact) mass is 225 g/mol. The fourth-order valence-electron chi connectivity index (χ4n) is 1.59. The van der Waals surface area contributed by atoms with E-state index in [1.807, 2.05) is 27.9 Å². The van der Waals surface area contributed by atoms with E-state index in [1.54, 1.807) is 4.90 Å². The average molecular weight is 225 g/mol. The lowest BCUT2D eigenvalue weighted by Crippen LogP contribution is -2.14. The second kappa shape index (κ2) is 4.51. The summed E-state index contributed by atoms with van der Waals surface area (Å²) in [4.78, 5) is 12.6. The molecule has 0 aliphatic rings. The molecule has 0 saturated carbocycles. The molecule has 0 aromatic heterocycles. The number of halogens is 1. The zero-order valence-corrected chi connectivity index (χ0v) is 9.91. The molecule has 1 rings (SSSR count). The van der Waals surface area contributed by atoms with Crippen molar-refractivity contribution in [3.05, 3.63) is 29.1 Å². The Labute approximate surface area is 94.5 Å². The number of carboxylic acids is 1. The topological polar surface area (TPSA) is 40.5 Å². The predicted octanol–water partition coefficient (Wildman–Crippen LogP) is 2.71. The summed E-state index contributed by atoms with van der Waals surface area (Å²) in [5, 5.41) is 8.84. The lowest BCUT2D eigenvalue weighted by atomic mass is 9.98. The van der Waals surface area contributed by atoms with Crippen LogP contribution in [0.5, 0.6) is 0 Å². The Morgan fingerprint density at radius 2 is 1.94 bits per heavy atom. The van der Waals surface area contributed by atoms with E-state index in [0.717, 1.165) is 11.3 Å². The van der Waals surface area contributed by atoms with Crippen LogP contribution < -0.4 is 4.90 Å². The smallest absolute Gasteiger partial charge is 0.338 e. The van der Waals surface area contributed by atoms with Gasteiger partial charge in [0, 0.05) is 19.8 Å². The van der Waals surface area contributed by atoms with Gasteiger partial charge in [0.2, 0.25) is 0 Å². The first kappa shape index (κ1) is 12.5. The standard InChI is InChI=1S/C12H16FNO2/c1-7(2)8-5-10(13)9(12(15)16)6-11(8)14(3)4/h5-7H,1-4H3,(H,15,16). The molecule has 0 spiro atoms. The Morgan fingerprint density at radius 1 is 1.38 bits per heavy atom. The number of rotatable bonds is 3. The summed E-state index contributed by atoms with van der Waals surface area (Å²) in [6, 6.07) is 2.69. The molecule has 0 saturated heterocycles. The second-order valence-electron chi connectivity index (χ2n) is 4.25. The lowest BCUT2D eigenvalue weighted by Gasteiger charge is -2.20. The molecule has 0 unspecified atom stereocenters. The van der Waals surface area contributed by atoms with Crippen LogP contribution in [0.1, 0.15) is 35.7 Å². The van der Waals surface area contributed by atoms with Crippen LogP contribution in [-0.4, -0.2) is 25.2 Å². The number of anilines is 1. The van der Waals surface area contributed by atoms with Gasteiger partial charge in [0.05, 0.1) is 5.56 Å². The van der Waals surface area contributed by atoms with Gasteiger partial charge in [0.15, 0.2) is 0 Å². The minimum atomic E-state index is -1.24. The van der Waals surface area contributed by atoms with Crippen LogP contribution in [-0.2, 0) is 0 Å². The summed E-state index contributed by atoms with van der Waals surface area (Å²) in [6.45, 7) is 3.89. The minimum Gasteiger partial charge on any atom is -0.478 e. The van der Waals surface area contributed by atoms with Gasteiger partial charge in [-0.2, -0.15) is 0 Å². The number of nitrogens with zero attached hydrogens (tertiary/aromatic N) is 1. The van der Waals surface area contributed by atoms with E-state index in [4.69, 9.17) is 5.11 Å². The molecule has 0 amide bonds. The zero-order valence-electron chi connectivity index (χ0n) is 9.91. The third-order valence-corrected chi connectivity index (χ3v) is 2.45. The molecule has 0 heterocycles. The Kier molecular flexibility index (Phi) is 3.52. The van der Waals surface area contributed by atoms with Crippen molar-refractivity contribution in [3.8, 4) is 0 Å². The van der Waals surface area contributed by atoms with Crippen molar-refractivity contribution in [3.63, 3.8) is 0 Å². The number of aromatic carboxylic acids is 1. The summed E-state index contributed by atoms with van der Waals surface area (Å²) in [5.41, 5.74) is 1.27. The summed E-state index contributed by atoms with van der Waals surface area (Å²) in [7, 11) is 3.62. The molecule has 1 aromatic rings. The predicted molar refractivity (Wildman–Crippen MR) is 61.8 cm³/mol. The maximum Gasteiger partial charge on any atom is 0.338 e. The van der Waals surface area contributed by atoms with Gasteiger partial charge in [-0.25, -0.2) is 9.18 Å². The first-order chi connectivity index (χ1) is 7.34. The Bertz CT molecular complexity index is 414. The van der Waals surface area contributed by atoms with Crippen LogP contribution in [0.2, 0.25) is 0 Å². The molecule has 0 fully saturated rings. The van der Waals surface area contributed by atoms with Crippen molar-refractivity contribution < 1.29 is 14.3 Å². The molecular weight excluding hydrogens is 209 g/mol. The Morgan fingerprint density at radius 3 is 2.31 bits per heavy atom. The van der Waals surface area contributed by atoms with Crippen molar-refractivity contribution >= 4 is 11.7 Å². The van der Waals surface area contributed by atoms with Crippen molar-refractivity contribution in [1.82, 2.24) is 0 Å². The van der Waals surface area contributed by atoms with Crippen LogP contribution >= 0.6 is 0 Å². The van der Waals surface area contributed by atoms with Gasteiger partial charge in [-0.1, -0.05) is 13.8 Å². The van der Waals surface area contributed by atoms with Gasteiger partial charge < -0.3 is 10.0 Å². The van der Waals surface area contributed by atoms with E-state index < -0.39 is 11.8 Å². The number of carbonyl (C=O) groups is 1. The van der Waals surface area contributed by atoms with E-state index in [0.29, 0.717) is 0 Å². The molecule has 0 aliphatic heterocycles. The zero-order chi connectivity index (χ0) is 12.5. The minimum absolute atomic E-state index is 0.148. The highest BCUT2D eigenvalue weighted by Crippen LogP contribution is 2.29. The highest BCUT2D eigenvalue weighted by atomic mass is 19.1. The maximum atomic E-state index is 13.5. The third-order valence-electron chi connectivity index (χ3n) is 2.45. The summed E-state index contributed by atoms with van der Waals surface area (Å²) >= 11 is 0. The number of hydrogen-bond donors (Lipinski definition) is 1. The van der Waals surface area contributed by atoms with E-state index in [1.165, 1.54) is 12.1 Å². The Hall–Kier alpha value is -1.58. The molecule has 0 bridgehead atoms. The highest BCUT2D eigenvalue weighted by Gasteiger charge is 2.17. The largest absolute Gasteiger partial charge is 0.478 e. The van der Waals surface area contributed by atoms with Crippen molar-refractivity contribution in [2.75, 3.05) is 19.0 Å². The molecule has 16 heavy (non-hydrogen) atoms. The first-order valence-corrected chi connectivity index (χ1v) is 5.08. The van der Waals surface area contributed by atoms with Gasteiger partial charge in [0.1, 0.15) is 5.82 Å². The van der Waals surface area contributed by atoms with E-state index >= 15 is 0 Å². The van der Waals surface area contributed by atoms with E-state index in [9.17, 15) is 9.18 Å². The first-order valence-electron chi connectivity index (χ1n) is 5.08. The van der Waals surface area contributed by atoms with Crippen LogP contribution in [0, 0.1) is 5.82 Å². The van der Waals surface area contributed by atoms with Crippen LogP contribution in [0.25, 0.3) is 0 Å². The second-order valence-corrected chi connectivity index (χ2v) is 4.25. The van der Waals surface area contributed by atoms with Crippen LogP contribution in [0.4, 0.5) is 10.1 Å². The molecular formula is C12H16FNO2. The Balaban J connectivity index is 3.43.